The summed E-state index contributed by atoms with van der Waals surface area (Å²) in [6, 6.07) is 5.92. The van der Waals surface area contributed by atoms with Crippen LogP contribution in [0.1, 0.15) is 46.5 Å². The van der Waals surface area contributed by atoms with Gasteiger partial charge in [0, 0.05) is 23.5 Å². The highest BCUT2D eigenvalue weighted by Gasteiger charge is 2.43. The van der Waals surface area contributed by atoms with Gasteiger partial charge in [-0.3, -0.25) is 4.79 Å². The van der Waals surface area contributed by atoms with Crippen LogP contribution in [0.5, 0.6) is 0 Å². The molecule has 2 amide bonds. The quantitative estimate of drug-likeness (QED) is 0.580. The molecule has 8 nitrogen and oxygen atoms in total. The third-order valence-corrected chi connectivity index (χ3v) is 8.77. The van der Waals surface area contributed by atoms with Crippen molar-refractivity contribution in [2.24, 2.45) is 11.7 Å². The molecular formula is C23H35N3O5S2. The van der Waals surface area contributed by atoms with E-state index in [0.29, 0.717) is 25.8 Å². The average Bonchev–Trinajstić information content (AvgIpc) is 3.06. The molecule has 1 aliphatic heterocycles. The number of nitrogens with zero attached hydrogens (tertiary/aromatic N) is 1. The van der Waals surface area contributed by atoms with Crippen molar-refractivity contribution in [3.63, 3.8) is 0 Å². The first-order valence-corrected chi connectivity index (χ1v) is 14.2. The summed E-state index contributed by atoms with van der Waals surface area (Å²) >= 11 is 1.55. The molecule has 3 N–H and O–H groups in total. The SMILES string of the molecule is CSc1ccc(S(=O)(=O)C[C@H]2C[C@H](N)CC[C@@H]2N2CC[C@H](NC(=O)OC(C)(C)C)C2=O)cc1. The smallest absolute Gasteiger partial charge is 0.408 e. The third kappa shape index (κ3) is 6.64. The van der Waals surface area contributed by atoms with E-state index in [0.717, 1.165) is 11.3 Å². The molecule has 1 saturated carbocycles. The van der Waals surface area contributed by atoms with Crippen LogP contribution in [0.2, 0.25) is 0 Å². The maximum absolute atomic E-state index is 13.2. The summed E-state index contributed by atoms with van der Waals surface area (Å²) in [6.07, 6.45) is 3.71. The van der Waals surface area contributed by atoms with Crippen LogP contribution in [-0.4, -0.2) is 67.6 Å². The fraction of sp³-hybridized carbons (Fsp3) is 0.652. The van der Waals surface area contributed by atoms with Crippen LogP contribution in [0.25, 0.3) is 0 Å². The minimum Gasteiger partial charge on any atom is -0.444 e. The number of amides is 2. The number of alkyl carbamates (subject to hydrolysis) is 1. The van der Waals surface area contributed by atoms with Crippen LogP contribution in [0, 0.1) is 5.92 Å². The highest BCUT2D eigenvalue weighted by atomic mass is 32.2. The van der Waals surface area contributed by atoms with Crippen molar-refractivity contribution in [1.29, 1.82) is 0 Å². The number of carbonyl (C=O) groups is 2. The van der Waals surface area contributed by atoms with Crippen molar-refractivity contribution in [2.75, 3.05) is 18.6 Å². The molecule has 1 aromatic carbocycles. The summed E-state index contributed by atoms with van der Waals surface area (Å²) in [5, 5.41) is 2.67. The van der Waals surface area contributed by atoms with E-state index in [1.165, 1.54) is 0 Å². The van der Waals surface area contributed by atoms with E-state index in [4.69, 9.17) is 10.5 Å². The Morgan fingerprint density at radius 2 is 1.88 bits per heavy atom. The Morgan fingerprint density at radius 1 is 1.21 bits per heavy atom. The lowest BCUT2D eigenvalue weighted by Crippen LogP contribution is -2.51. The normalized spacial score (nSPS) is 26.3. The second-order valence-corrected chi connectivity index (χ2v) is 12.8. The molecular weight excluding hydrogens is 462 g/mol. The van der Waals surface area contributed by atoms with Gasteiger partial charge in [0.25, 0.3) is 0 Å². The lowest BCUT2D eigenvalue weighted by atomic mass is 9.82. The molecule has 1 aromatic rings. The lowest BCUT2D eigenvalue weighted by Gasteiger charge is -2.40. The zero-order valence-corrected chi connectivity index (χ0v) is 21.4. The standard InChI is InChI=1S/C23H35N3O5S2/c1-23(2,3)31-22(28)25-19-11-12-26(21(19)27)20-10-5-16(24)13-15(20)14-33(29,30)18-8-6-17(32-4)7-9-18/h6-9,15-16,19-20H,5,10-14,24H2,1-4H3,(H,25,28)/t15-,16-,19+,20+/m1/s1. The lowest BCUT2D eigenvalue weighted by molar-refractivity contribution is -0.133. The predicted octanol–water partition coefficient (Wildman–Crippen LogP) is 2.80. The molecule has 1 heterocycles. The van der Waals surface area contributed by atoms with E-state index < -0.39 is 27.6 Å². The van der Waals surface area contributed by atoms with Gasteiger partial charge in [-0.1, -0.05) is 0 Å². The Hall–Kier alpha value is -1.78. The van der Waals surface area contributed by atoms with E-state index in [1.807, 2.05) is 6.26 Å². The van der Waals surface area contributed by atoms with Crippen LogP contribution in [0.4, 0.5) is 4.79 Å². The number of hydrogen-bond acceptors (Lipinski definition) is 7. The first kappa shape index (κ1) is 25.8. The van der Waals surface area contributed by atoms with Gasteiger partial charge < -0.3 is 20.7 Å². The number of rotatable bonds is 6. The third-order valence-electron chi connectivity index (χ3n) is 6.17. The monoisotopic (exact) mass is 497 g/mol. The largest absolute Gasteiger partial charge is 0.444 e. The summed E-state index contributed by atoms with van der Waals surface area (Å²) in [6.45, 7) is 5.76. The molecule has 1 aliphatic carbocycles. The van der Waals surface area contributed by atoms with Crippen molar-refractivity contribution in [2.45, 2.75) is 80.0 Å². The topological polar surface area (TPSA) is 119 Å². The summed E-state index contributed by atoms with van der Waals surface area (Å²) in [5.74, 6) is -0.506. The Balaban J connectivity index is 1.72. The number of nitrogens with one attached hydrogen (secondary N) is 1. The van der Waals surface area contributed by atoms with Crippen molar-refractivity contribution >= 4 is 33.6 Å². The Labute approximate surface area is 200 Å². The first-order chi connectivity index (χ1) is 15.4. The van der Waals surface area contributed by atoms with Crippen LogP contribution >= 0.6 is 11.8 Å². The van der Waals surface area contributed by atoms with Gasteiger partial charge in [-0.25, -0.2) is 13.2 Å². The van der Waals surface area contributed by atoms with Gasteiger partial charge in [-0.2, -0.15) is 0 Å². The molecule has 0 unspecified atom stereocenters. The number of sulfone groups is 1. The molecule has 0 aromatic heterocycles. The van der Waals surface area contributed by atoms with Crippen molar-refractivity contribution < 1.29 is 22.7 Å². The Bertz CT molecular complexity index is 959. The molecule has 33 heavy (non-hydrogen) atoms. The summed E-state index contributed by atoms with van der Waals surface area (Å²) in [4.78, 5) is 28.3. The van der Waals surface area contributed by atoms with Crippen LogP contribution in [0.3, 0.4) is 0 Å². The number of likely N-dealkylation sites (tertiary alicyclic amines) is 1. The molecule has 2 fully saturated rings. The number of nitrogens with two attached hydrogens (primary N) is 1. The summed E-state index contributed by atoms with van der Waals surface area (Å²) in [7, 11) is -3.53. The van der Waals surface area contributed by atoms with Crippen LogP contribution in [-0.2, 0) is 19.4 Å². The first-order valence-electron chi connectivity index (χ1n) is 11.3. The zero-order chi connectivity index (χ0) is 24.4. The summed E-state index contributed by atoms with van der Waals surface area (Å²) < 4.78 is 31.6. The van der Waals surface area contributed by atoms with Crippen LogP contribution < -0.4 is 11.1 Å². The van der Waals surface area contributed by atoms with E-state index in [9.17, 15) is 18.0 Å². The zero-order valence-electron chi connectivity index (χ0n) is 19.7. The molecule has 3 rings (SSSR count). The van der Waals surface area contributed by atoms with Gasteiger partial charge >= 0.3 is 6.09 Å². The molecule has 2 aliphatic rings. The number of ether oxygens (including phenoxy) is 1. The summed E-state index contributed by atoms with van der Waals surface area (Å²) in [5.41, 5.74) is 5.54. The van der Waals surface area contributed by atoms with E-state index in [-0.39, 0.29) is 34.6 Å². The minimum absolute atomic E-state index is 0.0576. The second kappa shape index (κ2) is 10.2. The van der Waals surface area contributed by atoms with Crippen molar-refractivity contribution in [1.82, 2.24) is 10.2 Å². The Kier molecular flexibility index (Phi) is 8.01. The molecule has 4 atom stereocenters. The van der Waals surface area contributed by atoms with Gasteiger partial charge in [-0.05, 0) is 82.9 Å². The minimum atomic E-state index is -3.53. The molecule has 0 bridgehead atoms. The number of hydrogen-bond donors (Lipinski definition) is 2. The molecule has 10 heteroatoms. The van der Waals surface area contributed by atoms with Crippen molar-refractivity contribution in [3.05, 3.63) is 24.3 Å². The fourth-order valence-electron chi connectivity index (χ4n) is 4.65. The fourth-order valence-corrected chi connectivity index (χ4v) is 6.72. The number of carbonyl (C=O) groups excluding carboxylic acids is 2. The van der Waals surface area contributed by atoms with Crippen LogP contribution in [0.15, 0.2) is 34.1 Å². The number of thioether (sulfide) groups is 1. The highest BCUT2D eigenvalue weighted by molar-refractivity contribution is 7.98. The molecule has 0 spiro atoms. The van der Waals surface area contributed by atoms with E-state index in [1.54, 1.807) is 61.7 Å². The average molecular weight is 498 g/mol. The molecule has 1 saturated heterocycles. The number of benzene rings is 1. The second-order valence-electron chi connectivity index (χ2n) is 9.88. The molecule has 184 valence electrons. The van der Waals surface area contributed by atoms with Crippen molar-refractivity contribution in [3.8, 4) is 0 Å². The predicted molar refractivity (Wildman–Crippen MR) is 129 cm³/mol. The van der Waals surface area contributed by atoms with Gasteiger partial charge in [0.15, 0.2) is 9.84 Å². The molecule has 0 radical (unpaired) electrons. The maximum atomic E-state index is 13.2. The van der Waals surface area contributed by atoms with E-state index >= 15 is 0 Å². The van der Waals surface area contributed by atoms with Gasteiger partial charge in [0.05, 0.1) is 10.6 Å². The highest BCUT2D eigenvalue weighted by Crippen LogP contribution is 2.33. The maximum Gasteiger partial charge on any atom is 0.408 e. The van der Waals surface area contributed by atoms with Gasteiger partial charge in [-0.15, -0.1) is 11.8 Å². The Morgan fingerprint density at radius 3 is 2.48 bits per heavy atom. The van der Waals surface area contributed by atoms with Gasteiger partial charge in [0.2, 0.25) is 5.91 Å². The van der Waals surface area contributed by atoms with E-state index in [2.05, 4.69) is 5.32 Å². The van der Waals surface area contributed by atoms with Gasteiger partial charge in [0.1, 0.15) is 11.6 Å².